The summed E-state index contributed by atoms with van der Waals surface area (Å²) in [5, 5.41) is 1.90. The van der Waals surface area contributed by atoms with Crippen LogP contribution in [0.15, 0.2) is 109 Å². The van der Waals surface area contributed by atoms with Gasteiger partial charge in [0, 0.05) is 16.6 Å². The van der Waals surface area contributed by atoms with Gasteiger partial charge in [0.05, 0.1) is 10.9 Å². The van der Waals surface area contributed by atoms with Gasteiger partial charge in [-0.1, -0.05) is 90.5 Å². The maximum atomic E-state index is 6.44. The molecular formula is C28H18ClN. The molecule has 1 heterocycles. The van der Waals surface area contributed by atoms with Crippen molar-refractivity contribution in [3.05, 3.63) is 137 Å². The first-order chi connectivity index (χ1) is 14.8. The third kappa shape index (κ3) is 2.33. The third-order valence-electron chi connectivity index (χ3n) is 6.24. The first-order valence-corrected chi connectivity index (χ1v) is 10.5. The van der Waals surface area contributed by atoms with Gasteiger partial charge < -0.3 is 0 Å². The van der Waals surface area contributed by atoms with Crippen molar-refractivity contribution in [2.45, 2.75) is 5.41 Å². The summed E-state index contributed by atoms with van der Waals surface area (Å²) in [6, 6.07) is 36.2. The molecule has 0 aliphatic heterocycles. The minimum absolute atomic E-state index is 0.436. The Hall–Kier alpha value is -3.42. The number of hydrogen-bond acceptors (Lipinski definition) is 1. The Morgan fingerprint density at radius 3 is 2.23 bits per heavy atom. The van der Waals surface area contributed by atoms with Gasteiger partial charge in [0.2, 0.25) is 0 Å². The molecule has 4 aromatic carbocycles. The highest BCUT2D eigenvalue weighted by Crippen LogP contribution is 2.56. The fourth-order valence-corrected chi connectivity index (χ4v) is 5.18. The van der Waals surface area contributed by atoms with Crippen LogP contribution in [0.3, 0.4) is 0 Å². The predicted molar refractivity (Wildman–Crippen MR) is 124 cm³/mol. The monoisotopic (exact) mass is 403 g/mol. The summed E-state index contributed by atoms with van der Waals surface area (Å²) in [6.07, 6.45) is 2.04. The Bertz CT molecular complexity index is 1410. The summed E-state index contributed by atoms with van der Waals surface area (Å²) in [5.41, 5.74) is 7.90. The highest BCUT2D eigenvalue weighted by Gasteiger charge is 2.46. The SMILES string of the molecule is Clc1ccc2c(c1)-c1ccccc1C2(c1ccccc1)c1cnc2ccccc2c1. The summed E-state index contributed by atoms with van der Waals surface area (Å²) in [7, 11) is 0. The van der Waals surface area contributed by atoms with Gasteiger partial charge in [0.1, 0.15) is 0 Å². The summed E-state index contributed by atoms with van der Waals surface area (Å²) < 4.78 is 0. The molecule has 6 rings (SSSR count). The maximum absolute atomic E-state index is 6.44. The molecule has 1 nitrogen and oxygen atoms in total. The highest BCUT2D eigenvalue weighted by molar-refractivity contribution is 6.31. The summed E-state index contributed by atoms with van der Waals surface area (Å²) >= 11 is 6.44. The number of hydrogen-bond donors (Lipinski definition) is 0. The number of benzene rings is 4. The van der Waals surface area contributed by atoms with Crippen molar-refractivity contribution >= 4 is 22.5 Å². The number of pyridine rings is 1. The lowest BCUT2D eigenvalue weighted by molar-refractivity contribution is 0.765. The van der Waals surface area contributed by atoms with Gasteiger partial charge in [-0.05, 0) is 57.6 Å². The molecule has 1 aliphatic rings. The second-order valence-corrected chi connectivity index (χ2v) is 8.20. The van der Waals surface area contributed by atoms with Gasteiger partial charge >= 0.3 is 0 Å². The highest BCUT2D eigenvalue weighted by atomic mass is 35.5. The third-order valence-corrected chi connectivity index (χ3v) is 6.47. The fourth-order valence-electron chi connectivity index (χ4n) is 5.01. The molecule has 0 saturated carbocycles. The number of aromatic nitrogens is 1. The summed E-state index contributed by atoms with van der Waals surface area (Å²) in [5.74, 6) is 0. The van der Waals surface area contributed by atoms with Crippen molar-refractivity contribution in [2.24, 2.45) is 0 Å². The van der Waals surface area contributed by atoms with E-state index in [2.05, 4.69) is 91.0 Å². The number of nitrogens with zero attached hydrogens (tertiary/aromatic N) is 1. The van der Waals surface area contributed by atoms with E-state index in [-0.39, 0.29) is 0 Å². The fraction of sp³-hybridized carbons (Fsp3) is 0.0357. The van der Waals surface area contributed by atoms with Crippen LogP contribution in [0.5, 0.6) is 0 Å². The zero-order chi connectivity index (χ0) is 20.1. The standard InChI is InChI=1S/C28H18ClN/c29-22-14-15-26-24(17-22)23-11-5-6-12-25(23)28(26,20-9-2-1-3-10-20)21-16-19-8-4-7-13-27(19)30-18-21/h1-18H. The number of halogens is 1. The number of rotatable bonds is 2. The van der Waals surface area contributed by atoms with Crippen LogP contribution in [0, 0.1) is 0 Å². The maximum Gasteiger partial charge on any atom is 0.0728 e. The molecule has 0 radical (unpaired) electrons. The molecule has 0 saturated heterocycles. The summed E-state index contributed by atoms with van der Waals surface area (Å²) in [6.45, 7) is 0. The molecule has 5 aromatic rings. The first kappa shape index (κ1) is 17.4. The van der Waals surface area contributed by atoms with E-state index in [1.54, 1.807) is 0 Å². The molecule has 0 amide bonds. The van der Waals surface area contributed by atoms with Crippen molar-refractivity contribution in [3.63, 3.8) is 0 Å². The first-order valence-electron chi connectivity index (χ1n) is 10.1. The van der Waals surface area contributed by atoms with E-state index < -0.39 is 5.41 Å². The van der Waals surface area contributed by atoms with Crippen LogP contribution in [-0.2, 0) is 5.41 Å². The van der Waals surface area contributed by atoms with Crippen LogP contribution in [0.2, 0.25) is 5.02 Å². The van der Waals surface area contributed by atoms with E-state index in [1.807, 2.05) is 18.3 Å². The van der Waals surface area contributed by atoms with Crippen LogP contribution >= 0.6 is 11.6 Å². The second-order valence-electron chi connectivity index (χ2n) is 7.77. The molecule has 0 N–H and O–H groups in total. The van der Waals surface area contributed by atoms with E-state index in [1.165, 1.54) is 33.4 Å². The van der Waals surface area contributed by atoms with Gasteiger partial charge in [-0.15, -0.1) is 0 Å². The average molecular weight is 404 g/mol. The van der Waals surface area contributed by atoms with Gasteiger partial charge in [-0.3, -0.25) is 4.98 Å². The molecule has 2 heteroatoms. The van der Waals surface area contributed by atoms with Crippen LogP contribution in [0.25, 0.3) is 22.0 Å². The lowest BCUT2D eigenvalue weighted by atomic mass is 9.68. The Morgan fingerprint density at radius 1 is 0.600 bits per heavy atom. The quantitative estimate of drug-likeness (QED) is 0.296. The van der Waals surface area contributed by atoms with E-state index in [0.29, 0.717) is 0 Å². The zero-order valence-corrected chi connectivity index (χ0v) is 17.0. The van der Waals surface area contributed by atoms with Gasteiger partial charge in [0.25, 0.3) is 0 Å². The van der Waals surface area contributed by atoms with Crippen LogP contribution < -0.4 is 0 Å². The molecule has 0 spiro atoms. The molecule has 1 atom stereocenters. The van der Waals surface area contributed by atoms with Crippen LogP contribution in [-0.4, -0.2) is 4.98 Å². The van der Waals surface area contributed by atoms with Crippen LogP contribution in [0.4, 0.5) is 0 Å². The molecule has 1 aromatic heterocycles. The minimum atomic E-state index is -0.436. The lowest BCUT2D eigenvalue weighted by Gasteiger charge is -2.33. The smallest absolute Gasteiger partial charge is 0.0728 e. The van der Waals surface area contributed by atoms with E-state index >= 15 is 0 Å². The van der Waals surface area contributed by atoms with Crippen molar-refractivity contribution in [1.29, 1.82) is 0 Å². The Labute approximate surface area is 180 Å². The van der Waals surface area contributed by atoms with Crippen molar-refractivity contribution in [3.8, 4) is 11.1 Å². The van der Waals surface area contributed by atoms with E-state index in [4.69, 9.17) is 16.6 Å². The lowest BCUT2D eigenvalue weighted by Crippen LogP contribution is -2.28. The summed E-state index contributed by atoms with van der Waals surface area (Å²) in [4.78, 5) is 4.83. The minimum Gasteiger partial charge on any atom is -0.256 e. The normalized spacial score (nSPS) is 17.0. The van der Waals surface area contributed by atoms with Gasteiger partial charge in [-0.25, -0.2) is 0 Å². The zero-order valence-electron chi connectivity index (χ0n) is 16.2. The predicted octanol–water partition coefficient (Wildman–Crippen LogP) is 7.25. The largest absolute Gasteiger partial charge is 0.256 e. The Morgan fingerprint density at radius 2 is 1.33 bits per heavy atom. The second kappa shape index (κ2) is 6.55. The van der Waals surface area contributed by atoms with Gasteiger partial charge in [0.15, 0.2) is 0 Å². The number of fused-ring (bicyclic) bond motifs is 4. The Balaban J connectivity index is 1.79. The van der Waals surface area contributed by atoms with Crippen molar-refractivity contribution in [1.82, 2.24) is 4.98 Å². The molecule has 142 valence electrons. The molecule has 1 unspecified atom stereocenters. The molecule has 0 bridgehead atoms. The Kier molecular flexibility index (Phi) is 3.81. The molecular weight excluding hydrogens is 386 g/mol. The van der Waals surface area contributed by atoms with E-state index in [0.717, 1.165) is 15.9 Å². The molecule has 0 fully saturated rings. The van der Waals surface area contributed by atoms with Crippen molar-refractivity contribution in [2.75, 3.05) is 0 Å². The van der Waals surface area contributed by atoms with Gasteiger partial charge in [-0.2, -0.15) is 0 Å². The van der Waals surface area contributed by atoms with Crippen molar-refractivity contribution < 1.29 is 0 Å². The van der Waals surface area contributed by atoms with E-state index in [9.17, 15) is 0 Å². The molecule has 1 aliphatic carbocycles. The topological polar surface area (TPSA) is 12.9 Å². The number of para-hydroxylation sites is 1. The van der Waals surface area contributed by atoms with Crippen LogP contribution in [0.1, 0.15) is 22.3 Å². The average Bonchev–Trinajstić information content (AvgIpc) is 3.10. The molecule has 30 heavy (non-hydrogen) atoms.